The predicted octanol–water partition coefficient (Wildman–Crippen LogP) is 0.122. The summed E-state index contributed by atoms with van der Waals surface area (Å²) < 4.78 is 11.0. The summed E-state index contributed by atoms with van der Waals surface area (Å²) in [7, 11) is 1.86. The normalized spacial score (nSPS) is 37.9. The quantitative estimate of drug-likeness (QED) is 0.439. The SMILES string of the molecule is CN1[C@H]2[C@@H]1CN1C3=C(C(=O)C4=C(CC5=C(CC(C)(C)CC5=O)O4)C3=O)[C@H](COC(N)=O)[C@@]21O. The summed E-state index contributed by atoms with van der Waals surface area (Å²) in [6, 6.07) is -0.283. The Kier molecular flexibility index (Phi) is 3.82. The van der Waals surface area contributed by atoms with Gasteiger partial charge in [-0.1, -0.05) is 13.8 Å². The Balaban J connectivity index is 1.41. The molecule has 4 aliphatic heterocycles. The van der Waals surface area contributed by atoms with Crippen molar-refractivity contribution in [2.24, 2.45) is 17.1 Å². The van der Waals surface area contributed by atoms with E-state index in [0.29, 0.717) is 30.7 Å². The molecule has 4 heterocycles. The van der Waals surface area contributed by atoms with Crippen LogP contribution in [-0.2, 0) is 23.9 Å². The van der Waals surface area contributed by atoms with Crippen LogP contribution >= 0.6 is 0 Å². The number of rotatable bonds is 2. The molecule has 5 atom stereocenters. The van der Waals surface area contributed by atoms with Crippen molar-refractivity contribution in [3.63, 3.8) is 0 Å². The van der Waals surface area contributed by atoms with Crippen LogP contribution in [0.3, 0.4) is 0 Å². The summed E-state index contributed by atoms with van der Waals surface area (Å²) in [6.45, 7) is 3.95. The van der Waals surface area contributed by atoms with Crippen LogP contribution in [0, 0.1) is 11.3 Å². The summed E-state index contributed by atoms with van der Waals surface area (Å²) in [5.41, 5.74) is 4.09. The molecule has 174 valence electrons. The molecular weight excluding hydrogens is 430 g/mol. The molecule has 0 bridgehead atoms. The maximum absolute atomic E-state index is 13.7. The zero-order chi connectivity index (χ0) is 23.6. The molecule has 6 aliphatic rings. The molecule has 33 heavy (non-hydrogen) atoms. The number of primary amides is 1. The van der Waals surface area contributed by atoms with E-state index in [4.69, 9.17) is 15.2 Å². The highest BCUT2D eigenvalue weighted by Crippen LogP contribution is 2.58. The van der Waals surface area contributed by atoms with E-state index in [9.17, 15) is 24.3 Å². The van der Waals surface area contributed by atoms with Gasteiger partial charge in [-0.2, -0.15) is 0 Å². The number of fused-ring (bicyclic) bond motifs is 4. The Bertz CT molecular complexity index is 1180. The Labute approximate surface area is 189 Å². The first kappa shape index (κ1) is 20.6. The molecule has 3 N–H and O–H groups in total. The number of carbonyl (C=O) groups is 4. The van der Waals surface area contributed by atoms with Crippen LogP contribution in [0.4, 0.5) is 4.79 Å². The highest BCUT2D eigenvalue weighted by molar-refractivity contribution is 6.26. The van der Waals surface area contributed by atoms with Gasteiger partial charge in [0.25, 0.3) is 0 Å². The van der Waals surface area contributed by atoms with Crippen molar-refractivity contribution in [1.29, 1.82) is 0 Å². The fourth-order valence-electron chi connectivity index (χ4n) is 6.45. The number of aliphatic hydroxyl groups is 1. The van der Waals surface area contributed by atoms with Gasteiger partial charge >= 0.3 is 6.09 Å². The minimum atomic E-state index is -1.58. The highest BCUT2D eigenvalue weighted by Gasteiger charge is 2.74. The maximum atomic E-state index is 13.7. The molecule has 1 amide bonds. The van der Waals surface area contributed by atoms with Gasteiger partial charge in [-0.25, -0.2) is 4.79 Å². The van der Waals surface area contributed by atoms with Gasteiger partial charge in [0.1, 0.15) is 12.4 Å². The third-order valence-electron chi connectivity index (χ3n) is 8.00. The molecule has 0 aromatic heterocycles. The summed E-state index contributed by atoms with van der Waals surface area (Å²) in [4.78, 5) is 55.1. The average Bonchev–Trinajstić information content (AvgIpc) is 3.13. The summed E-state index contributed by atoms with van der Waals surface area (Å²) in [6.07, 6.45) is -0.152. The summed E-state index contributed by atoms with van der Waals surface area (Å²) >= 11 is 0. The number of carbonyl (C=O) groups excluding carboxylic acids is 4. The lowest BCUT2D eigenvalue weighted by Gasteiger charge is -2.37. The van der Waals surface area contributed by atoms with Gasteiger partial charge in [-0.05, 0) is 12.5 Å². The van der Waals surface area contributed by atoms with Crippen molar-refractivity contribution >= 4 is 23.4 Å². The number of ketones is 3. The second-order valence-corrected chi connectivity index (χ2v) is 10.6. The van der Waals surface area contributed by atoms with Crippen LogP contribution in [0.2, 0.25) is 0 Å². The van der Waals surface area contributed by atoms with E-state index in [1.54, 1.807) is 4.90 Å². The topological polar surface area (TPSA) is 139 Å². The molecule has 0 spiro atoms. The molecule has 10 nitrogen and oxygen atoms in total. The van der Waals surface area contributed by atoms with Crippen molar-refractivity contribution < 1.29 is 33.8 Å². The lowest BCUT2D eigenvalue weighted by Crippen LogP contribution is -2.53. The first-order valence-electron chi connectivity index (χ1n) is 11.1. The number of Topliss-reactive ketones (excluding diaryl/α,β-unsaturated/α-hetero) is 3. The Hall–Kier alpha value is -2.98. The third kappa shape index (κ3) is 2.50. The Morgan fingerprint density at radius 2 is 1.94 bits per heavy atom. The van der Waals surface area contributed by atoms with Crippen LogP contribution in [0.25, 0.3) is 0 Å². The fourth-order valence-corrected chi connectivity index (χ4v) is 6.45. The fraction of sp³-hybridized carbons (Fsp3) is 0.565. The smallest absolute Gasteiger partial charge is 0.404 e. The molecule has 2 fully saturated rings. The molecular formula is C23H25N3O7. The number of amides is 1. The standard InChI is InChI=1S/C23H25N3O7/c1-22(2)5-13(27)9-4-10-17(28)16-15(18(29)19(10)33-14(9)6-22)11(8-32-21(24)30)23(31)20-12(25(20)3)7-26(16)23/h11-12,20,31H,4-8H2,1-3H3,(H2,24,30)/t11-,12-,20-,23+,25?/m0/s1. The highest BCUT2D eigenvalue weighted by atomic mass is 16.5. The molecule has 2 aliphatic carbocycles. The molecule has 0 saturated carbocycles. The zero-order valence-electron chi connectivity index (χ0n) is 18.6. The largest absolute Gasteiger partial charge is 0.457 e. The minimum absolute atomic E-state index is 0.0254. The number of likely N-dealkylation sites (N-methyl/N-ethyl adjacent to an activating group) is 1. The van der Waals surface area contributed by atoms with Crippen molar-refractivity contribution in [2.75, 3.05) is 20.2 Å². The number of piperazine rings is 1. The molecule has 2 saturated heterocycles. The van der Waals surface area contributed by atoms with Gasteiger partial charge in [-0.3, -0.25) is 19.3 Å². The minimum Gasteiger partial charge on any atom is -0.457 e. The first-order valence-corrected chi connectivity index (χ1v) is 11.1. The second-order valence-electron chi connectivity index (χ2n) is 10.6. The maximum Gasteiger partial charge on any atom is 0.404 e. The van der Waals surface area contributed by atoms with E-state index in [-0.39, 0.29) is 58.9 Å². The van der Waals surface area contributed by atoms with Crippen LogP contribution in [0.5, 0.6) is 0 Å². The number of ether oxygens (including phenoxy) is 2. The van der Waals surface area contributed by atoms with E-state index < -0.39 is 29.3 Å². The average molecular weight is 455 g/mol. The van der Waals surface area contributed by atoms with E-state index >= 15 is 0 Å². The molecule has 10 heteroatoms. The van der Waals surface area contributed by atoms with Crippen molar-refractivity contribution in [1.82, 2.24) is 9.80 Å². The van der Waals surface area contributed by atoms with Gasteiger partial charge in [-0.15, -0.1) is 0 Å². The molecule has 0 aromatic rings. The van der Waals surface area contributed by atoms with E-state index in [1.807, 2.05) is 25.8 Å². The first-order chi connectivity index (χ1) is 15.5. The lowest BCUT2D eigenvalue weighted by molar-refractivity contribution is -0.126. The number of hydrogen-bond donors (Lipinski definition) is 2. The van der Waals surface area contributed by atoms with Crippen molar-refractivity contribution in [3.8, 4) is 0 Å². The number of nitrogens with zero attached hydrogens (tertiary/aromatic N) is 2. The monoisotopic (exact) mass is 455 g/mol. The molecule has 0 aromatic carbocycles. The van der Waals surface area contributed by atoms with Gasteiger partial charge in [0.05, 0.1) is 23.2 Å². The number of hydrogen-bond acceptors (Lipinski definition) is 9. The lowest BCUT2D eigenvalue weighted by atomic mass is 9.73. The zero-order valence-corrected chi connectivity index (χ0v) is 18.6. The van der Waals surface area contributed by atoms with E-state index in [2.05, 4.69) is 0 Å². The van der Waals surface area contributed by atoms with Gasteiger partial charge < -0.3 is 25.2 Å². The van der Waals surface area contributed by atoms with Crippen LogP contribution in [-0.4, -0.2) is 76.4 Å². The van der Waals surface area contributed by atoms with Gasteiger partial charge in [0, 0.05) is 43.0 Å². The van der Waals surface area contributed by atoms with Crippen LogP contribution in [0.1, 0.15) is 33.1 Å². The summed E-state index contributed by atoms with van der Waals surface area (Å²) in [5, 5.41) is 11.8. The number of allylic oxidation sites excluding steroid dienone is 4. The summed E-state index contributed by atoms with van der Waals surface area (Å²) in [5.74, 6) is -1.61. The van der Waals surface area contributed by atoms with Crippen LogP contribution < -0.4 is 5.73 Å². The van der Waals surface area contributed by atoms with Crippen molar-refractivity contribution in [2.45, 2.75) is 50.9 Å². The van der Waals surface area contributed by atoms with Gasteiger partial charge in [0.15, 0.2) is 17.3 Å². The molecule has 1 unspecified atom stereocenters. The number of nitrogens with two attached hydrogens (primary N) is 1. The van der Waals surface area contributed by atoms with E-state index in [1.165, 1.54) is 0 Å². The van der Waals surface area contributed by atoms with Crippen molar-refractivity contribution in [3.05, 3.63) is 33.9 Å². The van der Waals surface area contributed by atoms with E-state index in [0.717, 1.165) is 0 Å². The Morgan fingerprint density at radius 1 is 1.21 bits per heavy atom. The predicted molar refractivity (Wildman–Crippen MR) is 111 cm³/mol. The second kappa shape index (κ2) is 6.12. The van der Waals surface area contributed by atoms with Gasteiger partial charge in [0.2, 0.25) is 11.6 Å². The molecule has 6 rings (SSSR count). The van der Waals surface area contributed by atoms with Crippen LogP contribution in [0.15, 0.2) is 33.9 Å². The third-order valence-corrected chi connectivity index (χ3v) is 8.00. The molecule has 0 radical (unpaired) electrons. The Morgan fingerprint density at radius 3 is 2.64 bits per heavy atom.